The maximum atomic E-state index is 12.5. The highest BCUT2D eigenvalue weighted by Gasteiger charge is 2.25. The molecule has 0 radical (unpaired) electrons. The van der Waals surface area contributed by atoms with Gasteiger partial charge in [-0.3, -0.25) is 0 Å². The number of benzene rings is 1. The lowest BCUT2D eigenvalue weighted by molar-refractivity contribution is 0.253. The van der Waals surface area contributed by atoms with E-state index < -0.39 is 10.0 Å². The van der Waals surface area contributed by atoms with Gasteiger partial charge in [0.1, 0.15) is 0 Å². The third-order valence-electron chi connectivity index (χ3n) is 2.53. The van der Waals surface area contributed by atoms with Crippen LogP contribution in [0.3, 0.4) is 0 Å². The van der Waals surface area contributed by atoms with E-state index >= 15 is 0 Å². The minimum Gasteiger partial charge on any atom is -0.395 e. The van der Waals surface area contributed by atoms with E-state index in [4.69, 9.17) is 5.11 Å². The lowest BCUT2D eigenvalue weighted by Gasteiger charge is -2.21. The second-order valence-electron chi connectivity index (χ2n) is 4.06. The van der Waals surface area contributed by atoms with Crippen molar-refractivity contribution in [3.8, 4) is 0 Å². The zero-order valence-corrected chi connectivity index (χ0v) is 13.0. The van der Waals surface area contributed by atoms with Crippen LogP contribution in [0.1, 0.15) is 18.9 Å². The quantitative estimate of drug-likeness (QED) is 0.866. The molecule has 0 aliphatic rings. The minimum absolute atomic E-state index is 0.122. The summed E-state index contributed by atoms with van der Waals surface area (Å²) >= 11 is 3.27. The highest BCUT2D eigenvalue weighted by molar-refractivity contribution is 9.10. The number of sulfonamides is 1. The van der Waals surface area contributed by atoms with Gasteiger partial charge in [-0.05, 0) is 47.0 Å². The monoisotopic (exact) mass is 335 g/mol. The number of aryl methyl sites for hydroxylation is 1. The van der Waals surface area contributed by atoms with Crippen LogP contribution in [0.2, 0.25) is 0 Å². The highest BCUT2D eigenvalue weighted by Crippen LogP contribution is 2.26. The van der Waals surface area contributed by atoms with E-state index in [9.17, 15) is 8.42 Å². The Morgan fingerprint density at radius 1 is 1.33 bits per heavy atom. The first-order valence-electron chi connectivity index (χ1n) is 5.80. The number of hydrogen-bond acceptors (Lipinski definition) is 3. The number of nitrogens with zero attached hydrogens (tertiary/aromatic N) is 1. The SMILES string of the molecule is CCCN(CCO)S(=O)(=O)c1cc(C)ccc1Br. The Balaban J connectivity index is 3.21. The van der Waals surface area contributed by atoms with Gasteiger partial charge in [0.05, 0.1) is 11.5 Å². The van der Waals surface area contributed by atoms with Crippen LogP contribution in [-0.2, 0) is 10.0 Å². The largest absolute Gasteiger partial charge is 0.395 e. The molecule has 0 aliphatic carbocycles. The molecule has 6 heteroatoms. The fourth-order valence-electron chi connectivity index (χ4n) is 1.66. The molecule has 0 bridgehead atoms. The standard InChI is InChI=1S/C12H18BrNO3S/c1-3-6-14(7-8-15)18(16,17)12-9-10(2)4-5-11(12)13/h4-5,9,15H,3,6-8H2,1-2H3. The Hall–Kier alpha value is -0.430. The van der Waals surface area contributed by atoms with E-state index in [2.05, 4.69) is 15.9 Å². The third kappa shape index (κ3) is 3.54. The van der Waals surface area contributed by atoms with Gasteiger partial charge in [0, 0.05) is 17.6 Å². The lowest BCUT2D eigenvalue weighted by Crippen LogP contribution is -2.34. The topological polar surface area (TPSA) is 57.6 Å². The minimum atomic E-state index is -3.55. The van der Waals surface area contributed by atoms with Gasteiger partial charge in [-0.2, -0.15) is 4.31 Å². The zero-order chi connectivity index (χ0) is 13.8. The molecule has 0 unspecified atom stereocenters. The van der Waals surface area contributed by atoms with E-state index in [-0.39, 0.29) is 18.0 Å². The van der Waals surface area contributed by atoms with Crippen LogP contribution in [0.4, 0.5) is 0 Å². The van der Waals surface area contributed by atoms with Gasteiger partial charge in [-0.1, -0.05) is 13.0 Å². The highest BCUT2D eigenvalue weighted by atomic mass is 79.9. The van der Waals surface area contributed by atoms with Gasteiger partial charge in [0.2, 0.25) is 10.0 Å². The van der Waals surface area contributed by atoms with Gasteiger partial charge in [-0.25, -0.2) is 8.42 Å². The van der Waals surface area contributed by atoms with Gasteiger partial charge >= 0.3 is 0 Å². The summed E-state index contributed by atoms with van der Waals surface area (Å²) in [5, 5.41) is 8.98. The molecule has 0 atom stereocenters. The number of halogens is 1. The molecule has 1 N–H and O–H groups in total. The van der Waals surface area contributed by atoms with Crippen molar-refractivity contribution in [3.05, 3.63) is 28.2 Å². The Bertz CT molecular complexity index is 496. The molecule has 18 heavy (non-hydrogen) atoms. The molecule has 0 aliphatic heterocycles. The molecular weight excluding hydrogens is 318 g/mol. The van der Waals surface area contributed by atoms with Crippen molar-refractivity contribution in [3.63, 3.8) is 0 Å². The number of rotatable bonds is 6. The fourth-order valence-corrected chi connectivity index (χ4v) is 4.19. The first-order valence-corrected chi connectivity index (χ1v) is 8.04. The summed E-state index contributed by atoms with van der Waals surface area (Å²) in [6.45, 7) is 4.11. The van der Waals surface area contributed by atoms with Crippen LogP contribution in [-0.4, -0.2) is 37.5 Å². The van der Waals surface area contributed by atoms with Crippen LogP contribution < -0.4 is 0 Å². The summed E-state index contributed by atoms with van der Waals surface area (Å²) in [6.07, 6.45) is 0.711. The first kappa shape index (κ1) is 15.6. The predicted molar refractivity (Wildman–Crippen MR) is 75.0 cm³/mol. The molecule has 1 rings (SSSR count). The fraction of sp³-hybridized carbons (Fsp3) is 0.500. The van der Waals surface area contributed by atoms with E-state index in [0.29, 0.717) is 17.4 Å². The second kappa shape index (κ2) is 6.65. The Kier molecular flexibility index (Phi) is 5.78. The molecule has 0 spiro atoms. The van der Waals surface area contributed by atoms with Crippen molar-refractivity contribution in [1.29, 1.82) is 0 Å². The van der Waals surface area contributed by atoms with E-state index in [1.54, 1.807) is 12.1 Å². The molecule has 102 valence electrons. The van der Waals surface area contributed by atoms with Crippen molar-refractivity contribution in [2.45, 2.75) is 25.2 Å². The van der Waals surface area contributed by atoms with Gasteiger partial charge in [-0.15, -0.1) is 0 Å². The molecule has 0 saturated carbocycles. The van der Waals surface area contributed by atoms with E-state index in [1.807, 2.05) is 19.9 Å². The Morgan fingerprint density at radius 3 is 2.56 bits per heavy atom. The van der Waals surface area contributed by atoms with Crippen molar-refractivity contribution < 1.29 is 13.5 Å². The van der Waals surface area contributed by atoms with Crippen molar-refractivity contribution in [2.24, 2.45) is 0 Å². The average molecular weight is 336 g/mol. The van der Waals surface area contributed by atoms with Crippen LogP contribution >= 0.6 is 15.9 Å². The van der Waals surface area contributed by atoms with Crippen molar-refractivity contribution in [2.75, 3.05) is 19.7 Å². The van der Waals surface area contributed by atoms with E-state index in [0.717, 1.165) is 5.56 Å². The average Bonchev–Trinajstić information content (AvgIpc) is 2.32. The summed E-state index contributed by atoms with van der Waals surface area (Å²) in [5.41, 5.74) is 0.886. The molecule has 1 aromatic carbocycles. The van der Waals surface area contributed by atoms with Crippen LogP contribution in [0.25, 0.3) is 0 Å². The Labute approximate surface area is 117 Å². The molecule has 1 aromatic rings. The summed E-state index contributed by atoms with van der Waals surface area (Å²) < 4.78 is 26.8. The maximum Gasteiger partial charge on any atom is 0.244 e. The molecule has 0 saturated heterocycles. The molecule has 4 nitrogen and oxygen atoms in total. The van der Waals surface area contributed by atoms with Crippen LogP contribution in [0.15, 0.2) is 27.6 Å². The van der Waals surface area contributed by atoms with Crippen LogP contribution in [0.5, 0.6) is 0 Å². The summed E-state index contributed by atoms with van der Waals surface area (Å²) in [7, 11) is -3.55. The van der Waals surface area contributed by atoms with Crippen LogP contribution in [0, 0.1) is 6.92 Å². The molecule has 0 fully saturated rings. The maximum absolute atomic E-state index is 12.5. The number of hydrogen-bond donors (Lipinski definition) is 1. The third-order valence-corrected chi connectivity index (χ3v) is 5.42. The second-order valence-corrected chi connectivity index (χ2v) is 6.82. The Morgan fingerprint density at radius 2 is 2.00 bits per heavy atom. The van der Waals surface area contributed by atoms with Gasteiger partial charge in [0.25, 0.3) is 0 Å². The summed E-state index contributed by atoms with van der Waals surface area (Å²) in [5.74, 6) is 0. The summed E-state index contributed by atoms with van der Waals surface area (Å²) in [6, 6.07) is 5.21. The summed E-state index contributed by atoms with van der Waals surface area (Å²) in [4.78, 5) is 0.254. The first-order chi connectivity index (χ1) is 8.43. The van der Waals surface area contributed by atoms with Gasteiger partial charge < -0.3 is 5.11 Å². The predicted octanol–water partition coefficient (Wildman–Crippen LogP) is 2.15. The number of aliphatic hydroxyl groups is 1. The molecule has 0 heterocycles. The molecule has 0 amide bonds. The molecule has 0 aromatic heterocycles. The van der Waals surface area contributed by atoms with E-state index in [1.165, 1.54) is 4.31 Å². The molecular formula is C12H18BrNO3S. The van der Waals surface area contributed by atoms with Crippen molar-refractivity contribution >= 4 is 26.0 Å². The lowest BCUT2D eigenvalue weighted by atomic mass is 10.2. The van der Waals surface area contributed by atoms with Crippen molar-refractivity contribution in [1.82, 2.24) is 4.31 Å². The zero-order valence-electron chi connectivity index (χ0n) is 10.6. The smallest absolute Gasteiger partial charge is 0.244 e. The number of aliphatic hydroxyl groups excluding tert-OH is 1. The van der Waals surface area contributed by atoms with Gasteiger partial charge in [0.15, 0.2) is 0 Å². The normalized spacial score (nSPS) is 12.1.